The van der Waals surface area contributed by atoms with Gasteiger partial charge in [0.15, 0.2) is 5.96 Å². The summed E-state index contributed by atoms with van der Waals surface area (Å²) in [6.07, 6.45) is 0. The maximum absolute atomic E-state index is 9.27. The quantitative estimate of drug-likeness (QED) is 0.450. The van der Waals surface area contributed by atoms with Crippen LogP contribution >= 0.6 is 0 Å². The van der Waals surface area contributed by atoms with E-state index in [1.54, 1.807) is 12.1 Å². The van der Waals surface area contributed by atoms with Crippen LogP contribution < -0.4 is 17.2 Å². The zero-order valence-electron chi connectivity index (χ0n) is 10.6. The van der Waals surface area contributed by atoms with Gasteiger partial charge in [-0.05, 0) is 17.7 Å². The Morgan fingerprint density at radius 3 is 2.17 bits per heavy atom. The number of hydrogen-bond acceptors (Lipinski definition) is 2. The summed E-state index contributed by atoms with van der Waals surface area (Å²) in [5, 5.41) is 9.27. The smallest absolute Gasteiger partial charge is 0.223 e. The summed E-state index contributed by atoms with van der Waals surface area (Å²) < 4.78 is 0. The lowest BCUT2D eigenvalue weighted by Crippen LogP contribution is -2.26. The van der Waals surface area contributed by atoms with E-state index >= 15 is 0 Å². The fraction of sp³-hybridized carbons (Fsp3) is 0.333. The van der Waals surface area contributed by atoms with Crippen molar-refractivity contribution in [3.63, 3.8) is 0 Å². The Labute approximate surface area is 106 Å². The first-order valence-electron chi connectivity index (χ1n) is 5.50. The fourth-order valence-corrected chi connectivity index (χ4v) is 1.37. The molecular weight excluding hydrogens is 230 g/mol. The molecule has 0 aliphatic rings. The predicted octanol–water partition coefficient (Wildman–Crippen LogP) is 0.176. The third-order valence-electron chi connectivity index (χ3n) is 2.53. The molecule has 0 atom stereocenters. The van der Waals surface area contributed by atoms with Gasteiger partial charge in [0, 0.05) is 5.41 Å². The molecule has 0 aromatic heterocycles. The zero-order valence-corrected chi connectivity index (χ0v) is 10.6. The van der Waals surface area contributed by atoms with Gasteiger partial charge in [-0.25, -0.2) is 4.99 Å². The molecule has 0 radical (unpaired) electrons. The number of benzene rings is 1. The van der Waals surface area contributed by atoms with Gasteiger partial charge >= 0.3 is 0 Å². The normalized spacial score (nSPS) is 12.3. The van der Waals surface area contributed by atoms with Crippen LogP contribution in [0.4, 0.5) is 5.69 Å². The van der Waals surface area contributed by atoms with Crippen molar-refractivity contribution >= 4 is 17.6 Å². The van der Waals surface area contributed by atoms with Crippen molar-refractivity contribution < 1.29 is 5.11 Å². The van der Waals surface area contributed by atoms with Gasteiger partial charge in [0.05, 0.1) is 12.3 Å². The van der Waals surface area contributed by atoms with Gasteiger partial charge in [0.1, 0.15) is 0 Å². The van der Waals surface area contributed by atoms with Crippen molar-refractivity contribution in [2.24, 2.45) is 27.2 Å². The molecule has 6 heteroatoms. The highest BCUT2D eigenvalue weighted by Crippen LogP contribution is 2.24. The van der Waals surface area contributed by atoms with Crippen LogP contribution in [0.2, 0.25) is 0 Å². The van der Waals surface area contributed by atoms with Gasteiger partial charge in [-0.1, -0.05) is 26.0 Å². The Balaban J connectivity index is 2.94. The van der Waals surface area contributed by atoms with E-state index in [2.05, 4.69) is 9.98 Å². The second kappa shape index (κ2) is 5.50. The summed E-state index contributed by atoms with van der Waals surface area (Å²) in [6.45, 7) is 3.99. The average molecular weight is 249 g/mol. The Morgan fingerprint density at radius 2 is 1.72 bits per heavy atom. The average Bonchev–Trinajstić information content (AvgIpc) is 2.28. The van der Waals surface area contributed by atoms with Gasteiger partial charge in [0.25, 0.3) is 0 Å². The summed E-state index contributed by atoms with van der Waals surface area (Å²) in [4.78, 5) is 7.65. The molecule has 7 N–H and O–H groups in total. The molecule has 18 heavy (non-hydrogen) atoms. The molecule has 0 amide bonds. The van der Waals surface area contributed by atoms with E-state index in [0.29, 0.717) is 5.69 Å². The van der Waals surface area contributed by atoms with E-state index in [4.69, 9.17) is 17.2 Å². The number of nitrogens with zero attached hydrogens (tertiary/aromatic N) is 2. The van der Waals surface area contributed by atoms with Gasteiger partial charge in [-0.2, -0.15) is 4.99 Å². The van der Waals surface area contributed by atoms with E-state index < -0.39 is 0 Å². The summed E-state index contributed by atoms with van der Waals surface area (Å²) in [7, 11) is 0. The third-order valence-corrected chi connectivity index (χ3v) is 2.53. The first kappa shape index (κ1) is 14.0. The van der Waals surface area contributed by atoms with Crippen molar-refractivity contribution in [1.29, 1.82) is 0 Å². The topological polar surface area (TPSA) is 123 Å². The van der Waals surface area contributed by atoms with Crippen LogP contribution in [0, 0.1) is 0 Å². The van der Waals surface area contributed by atoms with Crippen molar-refractivity contribution in [2.45, 2.75) is 19.3 Å². The lowest BCUT2D eigenvalue weighted by atomic mass is 9.86. The number of aliphatic imine (C=N–C) groups is 2. The molecule has 0 fully saturated rings. The Bertz CT molecular complexity index is 458. The van der Waals surface area contributed by atoms with E-state index in [9.17, 15) is 5.11 Å². The number of nitrogens with two attached hydrogens (primary N) is 3. The Kier molecular flexibility index (Phi) is 4.28. The van der Waals surface area contributed by atoms with Gasteiger partial charge in [-0.15, -0.1) is 0 Å². The second-order valence-corrected chi connectivity index (χ2v) is 4.60. The van der Waals surface area contributed by atoms with Crippen molar-refractivity contribution in [2.75, 3.05) is 6.61 Å². The predicted molar refractivity (Wildman–Crippen MR) is 73.6 cm³/mol. The molecule has 0 heterocycles. The van der Waals surface area contributed by atoms with Crippen molar-refractivity contribution in [3.05, 3.63) is 29.8 Å². The molecule has 1 aromatic rings. The van der Waals surface area contributed by atoms with Crippen LogP contribution in [-0.4, -0.2) is 23.6 Å². The van der Waals surface area contributed by atoms with Crippen LogP contribution in [0.1, 0.15) is 19.4 Å². The molecule has 0 saturated heterocycles. The maximum Gasteiger partial charge on any atom is 0.223 e. The fourth-order valence-electron chi connectivity index (χ4n) is 1.37. The lowest BCUT2D eigenvalue weighted by Gasteiger charge is -2.22. The minimum Gasteiger partial charge on any atom is -0.395 e. The number of rotatable bonds is 3. The summed E-state index contributed by atoms with van der Waals surface area (Å²) in [5.41, 5.74) is 17.3. The monoisotopic (exact) mass is 249 g/mol. The Morgan fingerprint density at radius 1 is 1.17 bits per heavy atom. The van der Waals surface area contributed by atoms with Crippen LogP contribution in [0.15, 0.2) is 34.3 Å². The number of hydrogen-bond donors (Lipinski definition) is 4. The maximum atomic E-state index is 9.27. The van der Waals surface area contributed by atoms with Crippen molar-refractivity contribution in [1.82, 2.24) is 0 Å². The molecule has 98 valence electrons. The molecule has 0 aliphatic heterocycles. The molecule has 1 rings (SSSR count). The summed E-state index contributed by atoms with van der Waals surface area (Å²) >= 11 is 0. The van der Waals surface area contributed by atoms with Crippen molar-refractivity contribution in [3.8, 4) is 0 Å². The van der Waals surface area contributed by atoms with Gasteiger partial charge in [-0.3, -0.25) is 0 Å². The molecule has 0 bridgehead atoms. The van der Waals surface area contributed by atoms with E-state index in [-0.39, 0.29) is 23.9 Å². The van der Waals surface area contributed by atoms with E-state index in [1.807, 2.05) is 26.0 Å². The summed E-state index contributed by atoms with van der Waals surface area (Å²) in [5.74, 6) is -0.126. The molecule has 0 saturated carbocycles. The van der Waals surface area contributed by atoms with Crippen LogP contribution in [0.5, 0.6) is 0 Å². The SMILES string of the molecule is CC(C)(CO)c1ccc(N=C(N)N=C(N)N)cc1. The lowest BCUT2D eigenvalue weighted by molar-refractivity contribution is 0.218. The molecule has 1 aromatic carbocycles. The molecule has 0 unspecified atom stereocenters. The minimum atomic E-state index is -0.284. The highest BCUT2D eigenvalue weighted by Gasteiger charge is 2.18. The molecular formula is C12H19N5O. The minimum absolute atomic E-state index is 0.00386. The molecule has 0 spiro atoms. The van der Waals surface area contributed by atoms with Crippen LogP contribution in [-0.2, 0) is 5.41 Å². The second-order valence-electron chi connectivity index (χ2n) is 4.60. The number of aliphatic hydroxyl groups excluding tert-OH is 1. The zero-order chi connectivity index (χ0) is 13.8. The number of aliphatic hydroxyl groups is 1. The molecule has 6 nitrogen and oxygen atoms in total. The van der Waals surface area contributed by atoms with Crippen LogP contribution in [0.3, 0.4) is 0 Å². The first-order chi connectivity index (χ1) is 8.35. The van der Waals surface area contributed by atoms with E-state index in [1.165, 1.54) is 0 Å². The number of guanidine groups is 2. The summed E-state index contributed by atoms with van der Waals surface area (Å²) in [6, 6.07) is 7.36. The molecule has 0 aliphatic carbocycles. The first-order valence-corrected chi connectivity index (χ1v) is 5.50. The van der Waals surface area contributed by atoms with Gasteiger partial charge < -0.3 is 22.3 Å². The Hall–Kier alpha value is -2.08. The largest absolute Gasteiger partial charge is 0.395 e. The highest BCUT2D eigenvalue weighted by molar-refractivity contribution is 5.93. The highest BCUT2D eigenvalue weighted by atomic mass is 16.3. The van der Waals surface area contributed by atoms with Crippen LogP contribution in [0.25, 0.3) is 0 Å². The van der Waals surface area contributed by atoms with E-state index in [0.717, 1.165) is 5.56 Å². The standard InChI is InChI=1S/C12H19N5O/c1-12(2,7-18)8-3-5-9(6-4-8)16-11(15)17-10(13)14/h3-6,18H,7H2,1-2H3,(H6,13,14,15,16,17). The van der Waals surface area contributed by atoms with Gasteiger partial charge in [0.2, 0.25) is 5.96 Å². The third kappa shape index (κ3) is 3.74.